The smallest absolute Gasteiger partial charge is 0.258 e. The van der Waals surface area contributed by atoms with Gasteiger partial charge in [0, 0.05) is 11.6 Å². The van der Waals surface area contributed by atoms with Crippen LogP contribution >= 0.6 is 0 Å². The number of hydrogen-bond donors (Lipinski definition) is 3. The minimum atomic E-state index is -0.426. The Kier molecular flexibility index (Phi) is 5.37. The van der Waals surface area contributed by atoms with Crippen LogP contribution in [-0.4, -0.2) is 25.3 Å². The molecule has 7 heteroatoms. The van der Waals surface area contributed by atoms with Crippen molar-refractivity contribution in [2.45, 2.75) is 18.5 Å². The number of nitrogens with zero attached hydrogens (tertiary/aromatic N) is 1. The number of carbonyl (C=O) groups excluding carboxylic acids is 1. The third-order valence-corrected chi connectivity index (χ3v) is 4.01. The number of halogens is 1. The van der Waals surface area contributed by atoms with Crippen molar-refractivity contribution in [3.05, 3.63) is 65.5 Å². The summed E-state index contributed by atoms with van der Waals surface area (Å²) in [7, 11) is 1.58. The minimum Gasteiger partial charge on any atom is -0.496 e. The van der Waals surface area contributed by atoms with Gasteiger partial charge in [0.25, 0.3) is 5.91 Å². The number of methoxy groups -OCH3 is 1. The highest BCUT2D eigenvalue weighted by atomic mass is 19.1. The second-order valence-corrected chi connectivity index (χ2v) is 5.66. The molecule has 0 aliphatic carbocycles. The molecule has 1 saturated heterocycles. The fourth-order valence-corrected chi connectivity index (χ4v) is 2.66. The van der Waals surface area contributed by atoms with Crippen LogP contribution in [0.5, 0.6) is 5.75 Å². The predicted molar refractivity (Wildman–Crippen MR) is 92.5 cm³/mol. The fraction of sp³-hybridized carbons (Fsp3) is 0.222. The number of para-hydroxylation sites is 1. The Morgan fingerprint density at radius 1 is 1.24 bits per heavy atom. The van der Waals surface area contributed by atoms with Crippen LogP contribution in [0, 0.1) is 5.82 Å². The number of carbonyl (C=O) groups is 1. The van der Waals surface area contributed by atoms with Gasteiger partial charge < -0.3 is 4.74 Å². The number of amides is 1. The van der Waals surface area contributed by atoms with Gasteiger partial charge in [-0.2, -0.15) is 5.10 Å². The Labute approximate surface area is 145 Å². The molecule has 1 heterocycles. The van der Waals surface area contributed by atoms with Gasteiger partial charge in [0.2, 0.25) is 0 Å². The van der Waals surface area contributed by atoms with E-state index in [1.807, 2.05) is 24.3 Å². The zero-order valence-electron chi connectivity index (χ0n) is 13.7. The van der Waals surface area contributed by atoms with Gasteiger partial charge in [0.1, 0.15) is 17.6 Å². The molecule has 1 fully saturated rings. The standard InChI is InChI=1S/C18H19FN4O2/c1-25-17-5-3-2-4-13(17)11-20-23-18(24)16-10-15(21-22-16)12-6-8-14(19)9-7-12/h2-9,11,15-16,21-22H,10H2,1H3,(H,23,24)/b20-11+. The Balaban J connectivity index is 1.55. The molecule has 3 N–H and O–H groups in total. The largest absolute Gasteiger partial charge is 0.496 e. The summed E-state index contributed by atoms with van der Waals surface area (Å²) < 4.78 is 18.2. The Morgan fingerprint density at radius 2 is 2.00 bits per heavy atom. The predicted octanol–water partition coefficient (Wildman–Crippen LogP) is 1.89. The first-order valence-electron chi connectivity index (χ1n) is 7.90. The average Bonchev–Trinajstić information content (AvgIpc) is 3.13. The van der Waals surface area contributed by atoms with Crippen LogP contribution in [0.15, 0.2) is 53.6 Å². The van der Waals surface area contributed by atoms with E-state index in [9.17, 15) is 9.18 Å². The van der Waals surface area contributed by atoms with Crippen molar-refractivity contribution in [1.82, 2.24) is 16.3 Å². The van der Waals surface area contributed by atoms with Crippen LogP contribution in [0.2, 0.25) is 0 Å². The molecule has 6 nitrogen and oxygen atoms in total. The van der Waals surface area contributed by atoms with Crippen LogP contribution in [-0.2, 0) is 4.79 Å². The monoisotopic (exact) mass is 342 g/mol. The van der Waals surface area contributed by atoms with Crippen LogP contribution < -0.4 is 21.0 Å². The summed E-state index contributed by atoms with van der Waals surface area (Å²) in [5.74, 6) is 0.149. The number of rotatable bonds is 5. The Bertz CT molecular complexity index is 764. The van der Waals surface area contributed by atoms with Crippen molar-refractivity contribution < 1.29 is 13.9 Å². The number of hydrazone groups is 1. The topological polar surface area (TPSA) is 74.8 Å². The lowest BCUT2D eigenvalue weighted by molar-refractivity contribution is -0.122. The lowest BCUT2D eigenvalue weighted by atomic mass is 10.0. The summed E-state index contributed by atoms with van der Waals surface area (Å²) in [5, 5.41) is 3.98. The number of benzene rings is 2. The molecule has 2 unspecified atom stereocenters. The van der Waals surface area contributed by atoms with Crippen molar-refractivity contribution in [2.75, 3.05) is 7.11 Å². The second kappa shape index (κ2) is 7.87. The van der Waals surface area contributed by atoms with Gasteiger partial charge in [0.05, 0.1) is 13.3 Å². The van der Waals surface area contributed by atoms with E-state index in [4.69, 9.17) is 4.74 Å². The zero-order valence-corrected chi connectivity index (χ0v) is 13.7. The first-order chi connectivity index (χ1) is 12.2. The Morgan fingerprint density at radius 3 is 2.76 bits per heavy atom. The molecule has 0 bridgehead atoms. The Hall–Kier alpha value is -2.77. The summed E-state index contributed by atoms with van der Waals surface area (Å²) >= 11 is 0. The molecule has 3 rings (SSSR count). The zero-order chi connectivity index (χ0) is 17.6. The van der Waals surface area contributed by atoms with E-state index < -0.39 is 6.04 Å². The van der Waals surface area contributed by atoms with E-state index in [1.165, 1.54) is 18.3 Å². The molecule has 2 aromatic carbocycles. The van der Waals surface area contributed by atoms with Crippen molar-refractivity contribution in [2.24, 2.45) is 5.10 Å². The maximum atomic E-state index is 13.0. The van der Waals surface area contributed by atoms with Gasteiger partial charge in [0.15, 0.2) is 0 Å². The molecule has 130 valence electrons. The van der Waals surface area contributed by atoms with E-state index in [0.717, 1.165) is 11.1 Å². The van der Waals surface area contributed by atoms with Crippen LogP contribution in [0.4, 0.5) is 4.39 Å². The molecular weight excluding hydrogens is 323 g/mol. The number of hydrazine groups is 1. The molecule has 1 aliphatic rings. The van der Waals surface area contributed by atoms with Crippen molar-refractivity contribution in [1.29, 1.82) is 0 Å². The maximum absolute atomic E-state index is 13.0. The van der Waals surface area contributed by atoms with Crippen LogP contribution in [0.25, 0.3) is 0 Å². The molecule has 0 aromatic heterocycles. The SMILES string of the molecule is COc1ccccc1/C=N/NC(=O)C1CC(c2ccc(F)cc2)NN1. The normalized spacial score (nSPS) is 19.9. The third-order valence-electron chi connectivity index (χ3n) is 4.01. The summed E-state index contributed by atoms with van der Waals surface area (Å²) in [4.78, 5) is 12.2. The maximum Gasteiger partial charge on any atom is 0.258 e. The molecule has 25 heavy (non-hydrogen) atoms. The lowest BCUT2D eigenvalue weighted by Crippen LogP contribution is -2.41. The van der Waals surface area contributed by atoms with Crippen molar-refractivity contribution in [3.63, 3.8) is 0 Å². The molecule has 1 aliphatic heterocycles. The second-order valence-electron chi connectivity index (χ2n) is 5.66. The van der Waals surface area contributed by atoms with E-state index in [-0.39, 0.29) is 17.8 Å². The summed E-state index contributed by atoms with van der Waals surface area (Å²) in [6.07, 6.45) is 2.08. The van der Waals surface area contributed by atoms with E-state index >= 15 is 0 Å². The molecular formula is C18H19FN4O2. The fourth-order valence-electron chi connectivity index (χ4n) is 2.66. The van der Waals surface area contributed by atoms with Crippen LogP contribution in [0.1, 0.15) is 23.6 Å². The van der Waals surface area contributed by atoms with Gasteiger partial charge in [-0.1, -0.05) is 24.3 Å². The summed E-state index contributed by atoms with van der Waals surface area (Å²) in [5.41, 5.74) is 10.2. The quantitative estimate of drug-likeness (QED) is 0.573. The van der Waals surface area contributed by atoms with Gasteiger partial charge in [-0.25, -0.2) is 20.7 Å². The number of hydrogen-bond acceptors (Lipinski definition) is 5. The molecule has 0 radical (unpaired) electrons. The first kappa shape index (κ1) is 17.1. The highest BCUT2D eigenvalue weighted by Gasteiger charge is 2.29. The molecule has 2 atom stereocenters. The molecule has 1 amide bonds. The number of nitrogens with one attached hydrogen (secondary N) is 3. The minimum absolute atomic E-state index is 0.0606. The van der Waals surface area contributed by atoms with E-state index in [0.29, 0.717) is 12.2 Å². The summed E-state index contributed by atoms with van der Waals surface area (Å²) in [6, 6.07) is 13.1. The van der Waals surface area contributed by atoms with Crippen LogP contribution in [0.3, 0.4) is 0 Å². The van der Waals surface area contributed by atoms with Gasteiger partial charge in [-0.15, -0.1) is 0 Å². The van der Waals surface area contributed by atoms with Gasteiger partial charge in [-0.05, 0) is 36.2 Å². The highest BCUT2D eigenvalue weighted by Crippen LogP contribution is 2.22. The summed E-state index contributed by atoms with van der Waals surface area (Å²) in [6.45, 7) is 0. The first-order valence-corrected chi connectivity index (χ1v) is 7.90. The van der Waals surface area contributed by atoms with Crippen molar-refractivity contribution >= 4 is 12.1 Å². The average molecular weight is 342 g/mol. The molecule has 0 spiro atoms. The third kappa shape index (κ3) is 4.20. The lowest BCUT2D eigenvalue weighted by Gasteiger charge is -2.09. The van der Waals surface area contributed by atoms with Gasteiger partial charge in [-0.3, -0.25) is 4.79 Å². The van der Waals surface area contributed by atoms with E-state index in [2.05, 4.69) is 21.4 Å². The molecule has 2 aromatic rings. The van der Waals surface area contributed by atoms with Crippen molar-refractivity contribution in [3.8, 4) is 5.75 Å². The highest BCUT2D eigenvalue weighted by molar-refractivity contribution is 5.86. The number of ether oxygens (including phenoxy) is 1. The van der Waals surface area contributed by atoms with Gasteiger partial charge >= 0.3 is 0 Å². The molecule has 0 saturated carbocycles. The van der Waals surface area contributed by atoms with E-state index in [1.54, 1.807) is 19.2 Å².